The fourth-order valence-electron chi connectivity index (χ4n) is 1.86. The smallest absolute Gasteiger partial charge is 0.304 e. The predicted octanol–water partition coefficient (Wildman–Crippen LogP) is 1.37. The van der Waals surface area contributed by atoms with Gasteiger partial charge in [-0.3, -0.25) is 4.79 Å². The van der Waals surface area contributed by atoms with Crippen molar-refractivity contribution < 1.29 is 0 Å². The van der Waals surface area contributed by atoms with Gasteiger partial charge in [-0.25, -0.2) is 4.52 Å². The lowest BCUT2D eigenvalue weighted by Crippen LogP contribution is -2.13. The molecule has 92 valence electrons. The summed E-state index contributed by atoms with van der Waals surface area (Å²) in [5.74, 6) is 0. The zero-order chi connectivity index (χ0) is 12.4. The maximum absolute atomic E-state index is 11.0. The van der Waals surface area contributed by atoms with Gasteiger partial charge in [-0.05, 0) is 12.1 Å². The number of aromatic amines is 1. The van der Waals surface area contributed by atoms with Gasteiger partial charge < -0.3 is 10.3 Å². The van der Waals surface area contributed by atoms with Crippen molar-refractivity contribution in [3.8, 4) is 0 Å². The van der Waals surface area contributed by atoms with Crippen molar-refractivity contribution in [3.05, 3.63) is 56.9 Å². The molecule has 3 aromatic rings. The molecule has 0 atom stereocenters. The van der Waals surface area contributed by atoms with Crippen LogP contribution in [-0.2, 0) is 13.1 Å². The maximum Gasteiger partial charge on any atom is 0.304 e. The van der Waals surface area contributed by atoms with Crippen LogP contribution >= 0.6 is 11.3 Å². The van der Waals surface area contributed by atoms with Crippen LogP contribution < -0.4 is 10.2 Å². The van der Waals surface area contributed by atoms with Crippen LogP contribution in [0.2, 0.25) is 0 Å². The number of rotatable bonds is 4. The second-order valence-electron chi connectivity index (χ2n) is 3.98. The van der Waals surface area contributed by atoms with Gasteiger partial charge in [-0.1, -0.05) is 17.4 Å². The lowest BCUT2D eigenvalue weighted by atomic mass is 10.2. The molecule has 0 radical (unpaired) electrons. The minimum absolute atomic E-state index is 0.0113. The van der Waals surface area contributed by atoms with E-state index in [9.17, 15) is 4.79 Å². The van der Waals surface area contributed by atoms with Gasteiger partial charge in [0.05, 0.1) is 11.7 Å². The fraction of sp³-hybridized carbons (Fsp3) is 0.167. The molecule has 2 N–H and O–H groups in total. The van der Waals surface area contributed by atoms with Crippen LogP contribution in [0.1, 0.15) is 11.3 Å². The molecule has 0 aliphatic heterocycles. The van der Waals surface area contributed by atoms with Gasteiger partial charge in [0, 0.05) is 35.9 Å². The van der Waals surface area contributed by atoms with E-state index in [4.69, 9.17) is 0 Å². The second-order valence-corrected chi connectivity index (χ2v) is 4.82. The monoisotopic (exact) mass is 260 g/mol. The molecule has 0 unspecified atom stereocenters. The van der Waals surface area contributed by atoms with Gasteiger partial charge in [0.15, 0.2) is 0 Å². The number of nitrogens with zero attached hydrogens (tertiary/aromatic N) is 2. The summed E-state index contributed by atoms with van der Waals surface area (Å²) in [6.07, 6.45) is 3.79. The number of pyridine rings is 1. The Kier molecular flexibility index (Phi) is 2.95. The number of fused-ring (bicyclic) bond motifs is 1. The van der Waals surface area contributed by atoms with E-state index in [1.165, 1.54) is 11.3 Å². The summed E-state index contributed by atoms with van der Waals surface area (Å²) in [7, 11) is 0. The van der Waals surface area contributed by atoms with E-state index in [1.807, 2.05) is 40.5 Å². The summed E-state index contributed by atoms with van der Waals surface area (Å²) in [6.45, 7) is 1.38. The minimum atomic E-state index is -0.0113. The average molecular weight is 260 g/mol. The molecule has 18 heavy (non-hydrogen) atoms. The van der Waals surface area contributed by atoms with Gasteiger partial charge >= 0.3 is 4.87 Å². The zero-order valence-corrected chi connectivity index (χ0v) is 10.4. The van der Waals surface area contributed by atoms with Crippen LogP contribution in [0, 0.1) is 0 Å². The number of hydrogen-bond donors (Lipinski definition) is 2. The molecule has 0 saturated carbocycles. The first-order valence-corrected chi connectivity index (χ1v) is 6.49. The van der Waals surface area contributed by atoms with Gasteiger partial charge in [-0.2, -0.15) is 5.10 Å². The Morgan fingerprint density at radius 2 is 2.33 bits per heavy atom. The third-order valence-corrected chi connectivity index (χ3v) is 3.43. The highest BCUT2D eigenvalue weighted by molar-refractivity contribution is 7.07. The molecule has 0 aliphatic rings. The first kappa shape index (κ1) is 11.2. The largest absolute Gasteiger partial charge is 0.315 e. The molecule has 0 saturated heterocycles. The number of hydrogen-bond acceptors (Lipinski definition) is 4. The normalized spacial score (nSPS) is 11.1. The lowest BCUT2D eigenvalue weighted by molar-refractivity contribution is 0.684. The fourth-order valence-corrected chi connectivity index (χ4v) is 2.44. The third-order valence-electron chi connectivity index (χ3n) is 2.71. The zero-order valence-electron chi connectivity index (χ0n) is 9.59. The predicted molar refractivity (Wildman–Crippen MR) is 70.7 cm³/mol. The summed E-state index contributed by atoms with van der Waals surface area (Å²) in [4.78, 5) is 13.7. The number of H-pyrrole nitrogens is 1. The van der Waals surface area contributed by atoms with Crippen molar-refractivity contribution in [3.63, 3.8) is 0 Å². The number of thiazole rings is 1. The molecule has 3 rings (SSSR count). The van der Waals surface area contributed by atoms with Crippen LogP contribution in [0.25, 0.3) is 5.52 Å². The maximum atomic E-state index is 11.0. The molecule has 3 heterocycles. The first-order chi connectivity index (χ1) is 8.83. The summed E-state index contributed by atoms with van der Waals surface area (Å²) in [6, 6.07) is 5.99. The molecule has 0 aliphatic carbocycles. The molecule has 0 amide bonds. The van der Waals surface area contributed by atoms with Crippen LogP contribution in [0.15, 0.2) is 40.8 Å². The molecule has 0 spiro atoms. The second kappa shape index (κ2) is 4.75. The number of nitrogens with one attached hydrogen (secondary N) is 2. The third kappa shape index (κ3) is 2.20. The van der Waals surface area contributed by atoms with Crippen molar-refractivity contribution in [1.82, 2.24) is 19.9 Å². The van der Waals surface area contributed by atoms with Gasteiger partial charge in [-0.15, -0.1) is 0 Å². The quantitative estimate of drug-likeness (QED) is 0.745. The molecule has 0 aromatic carbocycles. The molecule has 3 aromatic heterocycles. The average Bonchev–Trinajstić information content (AvgIpc) is 2.97. The Morgan fingerprint density at radius 1 is 1.39 bits per heavy atom. The summed E-state index contributed by atoms with van der Waals surface area (Å²) < 4.78 is 1.85. The molecule has 6 heteroatoms. The molecule has 5 nitrogen and oxygen atoms in total. The molecular formula is C12H12N4OS. The summed E-state index contributed by atoms with van der Waals surface area (Å²) in [5, 5.41) is 9.40. The van der Waals surface area contributed by atoms with Crippen LogP contribution in [0.4, 0.5) is 0 Å². The highest BCUT2D eigenvalue weighted by Crippen LogP contribution is 2.09. The standard InChI is InChI=1S/C12H12N4OS/c17-12-15-10(8-18-12)7-13-5-9-6-14-16-4-2-1-3-11(9)16/h1-4,6,8,13H,5,7H2,(H,15,17). The Morgan fingerprint density at radius 3 is 3.17 bits per heavy atom. The molecular weight excluding hydrogens is 248 g/mol. The van der Waals surface area contributed by atoms with E-state index < -0.39 is 0 Å². The van der Waals surface area contributed by atoms with E-state index in [2.05, 4.69) is 15.4 Å². The Labute approximate surface area is 107 Å². The van der Waals surface area contributed by atoms with Crippen LogP contribution in [0.5, 0.6) is 0 Å². The van der Waals surface area contributed by atoms with E-state index >= 15 is 0 Å². The van der Waals surface area contributed by atoms with Crippen LogP contribution in [-0.4, -0.2) is 14.6 Å². The van der Waals surface area contributed by atoms with Gasteiger partial charge in [0.25, 0.3) is 0 Å². The van der Waals surface area contributed by atoms with Crippen LogP contribution in [0.3, 0.4) is 0 Å². The minimum Gasteiger partial charge on any atom is -0.315 e. The summed E-state index contributed by atoms with van der Waals surface area (Å²) in [5.41, 5.74) is 3.17. The van der Waals surface area contributed by atoms with Crippen molar-refractivity contribution in [2.45, 2.75) is 13.1 Å². The SMILES string of the molecule is O=c1[nH]c(CNCc2cnn3ccccc23)cs1. The Bertz CT molecular complexity index is 712. The van der Waals surface area contributed by atoms with E-state index in [0.717, 1.165) is 23.3 Å². The topological polar surface area (TPSA) is 62.2 Å². The number of aromatic nitrogens is 3. The molecule has 0 fully saturated rings. The van der Waals surface area contributed by atoms with Crippen molar-refractivity contribution >= 4 is 16.9 Å². The van der Waals surface area contributed by atoms with Crippen molar-refractivity contribution in [1.29, 1.82) is 0 Å². The first-order valence-electron chi connectivity index (χ1n) is 5.61. The Balaban J connectivity index is 1.68. The van der Waals surface area contributed by atoms with E-state index in [1.54, 1.807) is 0 Å². The highest BCUT2D eigenvalue weighted by Gasteiger charge is 2.03. The highest BCUT2D eigenvalue weighted by atomic mass is 32.1. The summed E-state index contributed by atoms with van der Waals surface area (Å²) >= 11 is 1.19. The van der Waals surface area contributed by atoms with Crippen molar-refractivity contribution in [2.24, 2.45) is 0 Å². The lowest BCUT2D eigenvalue weighted by Gasteiger charge is -2.01. The Hall–Kier alpha value is -1.92. The van der Waals surface area contributed by atoms with Gasteiger partial charge in [0.2, 0.25) is 0 Å². The van der Waals surface area contributed by atoms with Crippen molar-refractivity contribution in [2.75, 3.05) is 0 Å². The van der Waals surface area contributed by atoms with E-state index in [0.29, 0.717) is 6.54 Å². The molecule has 0 bridgehead atoms. The van der Waals surface area contributed by atoms with E-state index in [-0.39, 0.29) is 4.87 Å². The van der Waals surface area contributed by atoms with Gasteiger partial charge in [0.1, 0.15) is 0 Å².